The van der Waals surface area contributed by atoms with Crippen LogP contribution in [0.2, 0.25) is 0 Å². The Balaban J connectivity index is 1.37. The fraction of sp³-hybridized carbons (Fsp3) is 0.276. The number of phenolic OH excluding ortho intramolecular Hbond substituents is 1. The van der Waals surface area contributed by atoms with Crippen LogP contribution in [0.5, 0.6) is 23.0 Å². The number of hydrogen-bond donors (Lipinski definition) is 1. The number of ether oxygens (including phenoxy) is 2. The van der Waals surface area contributed by atoms with Gasteiger partial charge < -0.3 is 14.6 Å². The van der Waals surface area contributed by atoms with Crippen molar-refractivity contribution in [2.24, 2.45) is 5.92 Å². The number of thiophene rings is 1. The quantitative estimate of drug-likeness (QED) is 0.241. The van der Waals surface area contributed by atoms with Crippen LogP contribution in [0.1, 0.15) is 34.1 Å². The Kier molecular flexibility index (Phi) is 7.13. The number of halogens is 2. The first-order valence-corrected chi connectivity index (χ1v) is 13.0. The predicted octanol–water partition coefficient (Wildman–Crippen LogP) is 6.94. The molecule has 0 unspecified atom stereocenters. The van der Waals surface area contributed by atoms with Crippen LogP contribution in [0.3, 0.4) is 0 Å². The van der Waals surface area contributed by atoms with Crippen molar-refractivity contribution in [3.05, 3.63) is 82.2 Å². The summed E-state index contributed by atoms with van der Waals surface area (Å²) >= 11 is 1.08. The standard InChI is InChI=1S/C29H27F2NO4S/c1-3-18-15-32(16-18)10-11-35-21-5-7-22(8-6-21)36-28-23-9-4-20(33)14-25(23)37-29(28)27(34)26-17(2)12-19(30)13-24(26)31/h4-9,12-14,18,33H,3,10-11,15-16H2,1-2H3. The maximum Gasteiger partial charge on any atom is 0.210 e. The minimum Gasteiger partial charge on any atom is -0.508 e. The fourth-order valence-corrected chi connectivity index (χ4v) is 5.66. The van der Waals surface area contributed by atoms with Gasteiger partial charge in [0.15, 0.2) is 5.75 Å². The molecule has 5 nitrogen and oxygen atoms in total. The van der Waals surface area contributed by atoms with Crippen LogP contribution < -0.4 is 9.47 Å². The van der Waals surface area contributed by atoms with E-state index in [2.05, 4.69) is 11.8 Å². The third kappa shape index (κ3) is 5.31. The second kappa shape index (κ2) is 10.5. The molecule has 0 atom stereocenters. The Bertz CT molecular complexity index is 1420. The Morgan fingerprint density at radius 1 is 1.08 bits per heavy atom. The average molecular weight is 524 g/mol. The maximum atomic E-state index is 14.6. The number of likely N-dealkylation sites (tertiary alicyclic amines) is 1. The number of aromatic hydroxyl groups is 1. The highest BCUT2D eigenvalue weighted by Crippen LogP contribution is 2.43. The monoisotopic (exact) mass is 523 g/mol. The summed E-state index contributed by atoms with van der Waals surface area (Å²) in [7, 11) is 0. The molecular weight excluding hydrogens is 496 g/mol. The van der Waals surface area contributed by atoms with Gasteiger partial charge in [0.1, 0.15) is 40.4 Å². The molecule has 2 heterocycles. The SMILES string of the molecule is CCC1CN(CCOc2ccc(Oc3c(C(=O)c4c(C)cc(F)cc4F)sc4cc(O)ccc34)cc2)C1. The highest BCUT2D eigenvalue weighted by atomic mass is 32.1. The van der Waals surface area contributed by atoms with Crippen LogP contribution in [-0.4, -0.2) is 42.0 Å². The fourth-order valence-electron chi connectivity index (χ4n) is 4.55. The summed E-state index contributed by atoms with van der Waals surface area (Å²) in [6.07, 6.45) is 1.21. The number of benzene rings is 3. The minimum atomic E-state index is -0.932. The maximum absolute atomic E-state index is 14.6. The van der Waals surface area contributed by atoms with Gasteiger partial charge in [-0.3, -0.25) is 9.69 Å². The smallest absolute Gasteiger partial charge is 0.210 e. The van der Waals surface area contributed by atoms with Crippen molar-refractivity contribution in [2.45, 2.75) is 20.3 Å². The first-order valence-electron chi connectivity index (χ1n) is 12.2. The molecular formula is C29H27F2NO4S. The zero-order chi connectivity index (χ0) is 26.1. The van der Waals surface area contributed by atoms with Gasteiger partial charge in [-0.15, -0.1) is 11.3 Å². The van der Waals surface area contributed by atoms with E-state index >= 15 is 0 Å². The first-order chi connectivity index (χ1) is 17.8. The Labute approximate surface area is 217 Å². The summed E-state index contributed by atoms with van der Waals surface area (Å²) in [6.45, 7) is 7.43. The van der Waals surface area contributed by atoms with Crippen molar-refractivity contribution < 1.29 is 28.2 Å². The number of rotatable bonds is 9. The summed E-state index contributed by atoms with van der Waals surface area (Å²) in [5.41, 5.74) is -0.0167. The van der Waals surface area contributed by atoms with Gasteiger partial charge in [-0.2, -0.15) is 0 Å². The predicted molar refractivity (Wildman–Crippen MR) is 140 cm³/mol. The Morgan fingerprint density at radius 2 is 1.81 bits per heavy atom. The second-order valence-corrected chi connectivity index (χ2v) is 10.4. The highest BCUT2D eigenvalue weighted by molar-refractivity contribution is 7.21. The summed E-state index contributed by atoms with van der Waals surface area (Å²) < 4.78 is 40.9. The lowest BCUT2D eigenvalue weighted by Gasteiger charge is -2.38. The van der Waals surface area contributed by atoms with Gasteiger partial charge in [0.2, 0.25) is 5.78 Å². The minimum absolute atomic E-state index is 0.0355. The van der Waals surface area contributed by atoms with E-state index in [1.165, 1.54) is 25.5 Å². The molecule has 0 saturated carbocycles. The molecule has 4 aromatic rings. The Hall–Kier alpha value is -3.49. The third-order valence-electron chi connectivity index (χ3n) is 6.64. The van der Waals surface area contributed by atoms with E-state index in [-0.39, 0.29) is 27.5 Å². The molecule has 1 fully saturated rings. The molecule has 37 heavy (non-hydrogen) atoms. The average Bonchev–Trinajstić information content (AvgIpc) is 3.18. The van der Waals surface area contributed by atoms with Crippen molar-refractivity contribution in [1.82, 2.24) is 4.90 Å². The van der Waals surface area contributed by atoms with Crippen LogP contribution in [0.15, 0.2) is 54.6 Å². The van der Waals surface area contributed by atoms with Crippen molar-refractivity contribution in [3.63, 3.8) is 0 Å². The van der Waals surface area contributed by atoms with Gasteiger partial charge in [-0.1, -0.05) is 13.3 Å². The van der Waals surface area contributed by atoms with Gasteiger partial charge in [-0.25, -0.2) is 8.78 Å². The van der Waals surface area contributed by atoms with E-state index in [1.807, 2.05) is 0 Å². The highest BCUT2D eigenvalue weighted by Gasteiger charge is 2.26. The second-order valence-electron chi connectivity index (χ2n) is 9.31. The van der Waals surface area contributed by atoms with E-state index in [9.17, 15) is 18.7 Å². The molecule has 5 rings (SSSR count). The number of carbonyl (C=O) groups is 1. The first kappa shape index (κ1) is 25.2. The lowest BCUT2D eigenvalue weighted by Crippen LogP contribution is -2.47. The van der Waals surface area contributed by atoms with Gasteiger partial charge in [-0.05, 0) is 66.9 Å². The van der Waals surface area contributed by atoms with E-state index < -0.39 is 17.4 Å². The Morgan fingerprint density at radius 3 is 2.51 bits per heavy atom. The van der Waals surface area contributed by atoms with Crippen molar-refractivity contribution >= 4 is 27.2 Å². The van der Waals surface area contributed by atoms with E-state index in [0.29, 0.717) is 34.3 Å². The molecule has 1 N–H and O–H groups in total. The number of aryl methyl sites for hydroxylation is 1. The van der Waals surface area contributed by atoms with Crippen molar-refractivity contribution in [1.29, 1.82) is 0 Å². The molecule has 0 amide bonds. The summed E-state index contributed by atoms with van der Waals surface area (Å²) in [4.78, 5) is 16.0. The normalized spacial score (nSPS) is 14.1. The van der Waals surface area contributed by atoms with Crippen molar-refractivity contribution in [3.8, 4) is 23.0 Å². The van der Waals surface area contributed by atoms with Crippen molar-refractivity contribution in [2.75, 3.05) is 26.2 Å². The zero-order valence-corrected chi connectivity index (χ0v) is 21.4. The van der Waals surface area contributed by atoms with Gasteiger partial charge in [0.05, 0.1) is 5.56 Å². The molecule has 0 bridgehead atoms. The van der Waals surface area contributed by atoms with E-state index in [1.54, 1.807) is 30.3 Å². The summed E-state index contributed by atoms with van der Waals surface area (Å²) in [5, 5.41) is 10.5. The lowest BCUT2D eigenvalue weighted by atomic mass is 9.98. The van der Waals surface area contributed by atoms with Crippen LogP contribution in [-0.2, 0) is 0 Å². The summed E-state index contributed by atoms with van der Waals surface area (Å²) in [5.74, 6) is -0.0196. The molecule has 0 aliphatic carbocycles. The van der Waals surface area contributed by atoms with Gasteiger partial charge in [0, 0.05) is 35.8 Å². The molecule has 1 aromatic heterocycles. The topological polar surface area (TPSA) is 59.0 Å². The molecule has 0 spiro atoms. The number of nitrogens with zero attached hydrogens (tertiary/aromatic N) is 1. The molecule has 1 saturated heterocycles. The van der Waals surface area contributed by atoms with E-state index in [0.717, 1.165) is 43.0 Å². The molecule has 3 aromatic carbocycles. The van der Waals surface area contributed by atoms with Crippen LogP contribution in [0.25, 0.3) is 10.1 Å². The number of phenols is 1. The zero-order valence-electron chi connectivity index (χ0n) is 20.6. The molecule has 1 aliphatic rings. The van der Waals surface area contributed by atoms with Crippen LogP contribution >= 0.6 is 11.3 Å². The molecule has 192 valence electrons. The number of carbonyl (C=O) groups excluding carboxylic acids is 1. The third-order valence-corrected chi connectivity index (χ3v) is 7.78. The van der Waals surface area contributed by atoms with E-state index in [4.69, 9.17) is 9.47 Å². The van der Waals surface area contributed by atoms with Gasteiger partial charge in [0.25, 0.3) is 0 Å². The molecule has 8 heteroatoms. The van der Waals surface area contributed by atoms with Crippen LogP contribution in [0.4, 0.5) is 8.78 Å². The summed E-state index contributed by atoms with van der Waals surface area (Å²) in [6, 6.07) is 13.6. The largest absolute Gasteiger partial charge is 0.508 e. The number of hydrogen-bond acceptors (Lipinski definition) is 6. The molecule has 0 radical (unpaired) electrons. The number of fused-ring (bicyclic) bond motifs is 1. The lowest BCUT2D eigenvalue weighted by molar-refractivity contribution is 0.0806. The number of ketones is 1. The van der Waals surface area contributed by atoms with Gasteiger partial charge >= 0.3 is 0 Å². The van der Waals surface area contributed by atoms with Crippen LogP contribution in [0, 0.1) is 24.5 Å². The molecule has 1 aliphatic heterocycles.